The molecule has 3 aromatic rings. The molecule has 0 aliphatic heterocycles. The summed E-state index contributed by atoms with van der Waals surface area (Å²) in [6, 6.07) is 14.9. The van der Waals surface area contributed by atoms with Crippen molar-refractivity contribution in [2.45, 2.75) is 19.4 Å². The molecule has 0 aliphatic rings. The first-order chi connectivity index (χ1) is 15.1. The van der Waals surface area contributed by atoms with Crippen LogP contribution in [-0.4, -0.2) is 49.5 Å². The van der Waals surface area contributed by atoms with Gasteiger partial charge in [0.15, 0.2) is 5.96 Å². The zero-order chi connectivity index (χ0) is 22.1. The Bertz CT molecular complexity index is 1010. The van der Waals surface area contributed by atoms with Gasteiger partial charge in [0.2, 0.25) is 11.7 Å². The topological polar surface area (TPSA) is 93.8 Å². The summed E-state index contributed by atoms with van der Waals surface area (Å²) >= 11 is 6.02. The van der Waals surface area contributed by atoms with E-state index in [0.29, 0.717) is 42.2 Å². The number of methoxy groups -OCH3 is 1. The number of rotatable bonds is 9. The van der Waals surface area contributed by atoms with E-state index >= 15 is 0 Å². The quantitative estimate of drug-likeness (QED) is 0.226. The molecule has 0 saturated heterocycles. The highest BCUT2D eigenvalue weighted by Gasteiger charge is 2.10. The summed E-state index contributed by atoms with van der Waals surface area (Å²) in [5.41, 5.74) is 0.818. The number of guanidine groups is 1. The van der Waals surface area contributed by atoms with Gasteiger partial charge < -0.3 is 24.6 Å². The number of hydrogen-bond donors (Lipinski definition) is 2. The highest BCUT2D eigenvalue weighted by molar-refractivity contribution is 14.0. The van der Waals surface area contributed by atoms with Gasteiger partial charge in [-0.15, -0.1) is 24.0 Å². The van der Waals surface area contributed by atoms with Gasteiger partial charge in [0.25, 0.3) is 0 Å². The van der Waals surface area contributed by atoms with Crippen LogP contribution in [0.3, 0.4) is 0 Å². The lowest BCUT2D eigenvalue weighted by atomic mass is 10.2. The van der Waals surface area contributed by atoms with Gasteiger partial charge in [-0.1, -0.05) is 35.0 Å². The third-order valence-corrected chi connectivity index (χ3v) is 4.58. The molecule has 1 atom stereocenters. The number of benzene rings is 2. The summed E-state index contributed by atoms with van der Waals surface area (Å²) in [6.07, 6.45) is 0.492. The van der Waals surface area contributed by atoms with Gasteiger partial charge in [-0.3, -0.25) is 4.99 Å². The van der Waals surface area contributed by atoms with E-state index in [0.717, 1.165) is 17.1 Å². The highest BCUT2D eigenvalue weighted by Crippen LogP contribution is 2.20. The predicted molar refractivity (Wildman–Crippen MR) is 136 cm³/mol. The molecule has 3 rings (SSSR count). The van der Waals surface area contributed by atoms with E-state index in [9.17, 15) is 0 Å². The van der Waals surface area contributed by atoms with Crippen LogP contribution in [0.1, 0.15) is 12.8 Å². The van der Waals surface area contributed by atoms with Crippen molar-refractivity contribution in [1.29, 1.82) is 0 Å². The van der Waals surface area contributed by atoms with Crippen LogP contribution in [0, 0.1) is 0 Å². The van der Waals surface area contributed by atoms with Gasteiger partial charge in [-0.05, 0) is 31.2 Å². The summed E-state index contributed by atoms with van der Waals surface area (Å²) in [4.78, 5) is 8.64. The fraction of sp³-hybridized carbons (Fsp3) is 0.318. The molecular formula is C22H27ClIN5O3. The van der Waals surface area contributed by atoms with Gasteiger partial charge in [-0.25, -0.2) is 0 Å². The Morgan fingerprint density at radius 1 is 1.16 bits per heavy atom. The van der Waals surface area contributed by atoms with Crippen molar-refractivity contribution in [3.05, 3.63) is 59.4 Å². The second kappa shape index (κ2) is 13.1. The van der Waals surface area contributed by atoms with Crippen molar-refractivity contribution in [2.75, 3.05) is 27.2 Å². The van der Waals surface area contributed by atoms with Crippen LogP contribution in [0.5, 0.6) is 11.5 Å². The van der Waals surface area contributed by atoms with Crippen LogP contribution in [-0.2, 0) is 6.42 Å². The largest absolute Gasteiger partial charge is 0.497 e. The third kappa shape index (κ3) is 7.86. The molecule has 0 spiro atoms. The molecule has 1 unspecified atom stereocenters. The molecule has 172 valence electrons. The summed E-state index contributed by atoms with van der Waals surface area (Å²) in [7, 11) is 3.35. The second-order valence-electron chi connectivity index (χ2n) is 6.76. The molecule has 1 heterocycles. The van der Waals surface area contributed by atoms with Crippen molar-refractivity contribution in [1.82, 2.24) is 20.8 Å². The molecule has 2 aromatic carbocycles. The predicted octanol–water partition coefficient (Wildman–Crippen LogP) is 4.19. The fourth-order valence-corrected chi connectivity index (χ4v) is 2.99. The number of aromatic nitrogens is 2. The third-order valence-electron chi connectivity index (χ3n) is 4.34. The molecule has 2 N–H and O–H groups in total. The van der Waals surface area contributed by atoms with E-state index in [2.05, 4.69) is 25.8 Å². The van der Waals surface area contributed by atoms with Crippen molar-refractivity contribution in [3.63, 3.8) is 0 Å². The van der Waals surface area contributed by atoms with E-state index in [1.54, 1.807) is 26.3 Å². The van der Waals surface area contributed by atoms with E-state index < -0.39 is 0 Å². The number of aliphatic imine (C=N–C) groups is 1. The Balaban J connectivity index is 0.00000363. The minimum atomic E-state index is -0.0677. The lowest BCUT2D eigenvalue weighted by Gasteiger charge is -2.18. The summed E-state index contributed by atoms with van der Waals surface area (Å²) in [5, 5.41) is 11.1. The molecule has 10 heteroatoms. The van der Waals surface area contributed by atoms with E-state index in [4.69, 9.17) is 25.6 Å². The summed E-state index contributed by atoms with van der Waals surface area (Å²) in [6.45, 7) is 3.15. The average molecular weight is 572 g/mol. The van der Waals surface area contributed by atoms with Crippen molar-refractivity contribution in [2.24, 2.45) is 4.99 Å². The van der Waals surface area contributed by atoms with Crippen molar-refractivity contribution in [3.8, 4) is 22.9 Å². The van der Waals surface area contributed by atoms with Crippen molar-refractivity contribution >= 4 is 41.5 Å². The number of hydrogen-bond acceptors (Lipinski definition) is 6. The van der Waals surface area contributed by atoms with Crippen LogP contribution < -0.4 is 20.1 Å². The van der Waals surface area contributed by atoms with Gasteiger partial charge in [-0.2, -0.15) is 4.98 Å². The van der Waals surface area contributed by atoms with E-state index in [1.165, 1.54) is 0 Å². The van der Waals surface area contributed by atoms with Crippen LogP contribution in [0.2, 0.25) is 5.02 Å². The maximum Gasteiger partial charge on any atom is 0.228 e. The monoisotopic (exact) mass is 571 g/mol. The molecule has 8 nitrogen and oxygen atoms in total. The first-order valence-corrected chi connectivity index (χ1v) is 10.3. The normalized spacial score (nSPS) is 11.9. The van der Waals surface area contributed by atoms with Crippen molar-refractivity contribution < 1.29 is 14.0 Å². The maximum atomic E-state index is 6.02. The van der Waals surface area contributed by atoms with E-state index in [-0.39, 0.29) is 30.1 Å². The number of ether oxygens (including phenoxy) is 2. The Hall–Kier alpha value is -2.53. The molecular weight excluding hydrogens is 545 g/mol. The van der Waals surface area contributed by atoms with Gasteiger partial charge in [0, 0.05) is 36.7 Å². The molecule has 0 radical (unpaired) electrons. The van der Waals surface area contributed by atoms with Crippen LogP contribution >= 0.6 is 35.6 Å². The lowest BCUT2D eigenvalue weighted by Crippen LogP contribution is -2.42. The molecule has 0 bridgehead atoms. The SMILES string of the molecule is CN=C(NCCc1nc(-c2cccc(Cl)c2)no1)NCC(C)Oc1cccc(OC)c1.I. The van der Waals surface area contributed by atoms with Crippen LogP contribution in [0.25, 0.3) is 11.4 Å². The Morgan fingerprint density at radius 3 is 2.69 bits per heavy atom. The maximum absolute atomic E-state index is 6.02. The van der Waals surface area contributed by atoms with Crippen LogP contribution in [0.4, 0.5) is 0 Å². The van der Waals surface area contributed by atoms with Gasteiger partial charge in [0.1, 0.15) is 17.6 Å². The highest BCUT2D eigenvalue weighted by atomic mass is 127. The standard InChI is InChI=1S/C22H26ClN5O3.HI/c1-15(30-19-9-5-8-18(13-19)29-3)14-26-22(24-2)25-11-10-20-27-21(28-31-20)16-6-4-7-17(23)12-16;/h4-9,12-13,15H,10-11,14H2,1-3H3,(H2,24,25,26);1H. The molecule has 0 amide bonds. The average Bonchev–Trinajstić information content (AvgIpc) is 3.25. The zero-order valence-corrected chi connectivity index (χ0v) is 21.3. The van der Waals surface area contributed by atoms with Gasteiger partial charge in [0.05, 0.1) is 13.7 Å². The van der Waals surface area contributed by atoms with Crippen LogP contribution in [0.15, 0.2) is 58.0 Å². The molecule has 0 saturated carbocycles. The smallest absolute Gasteiger partial charge is 0.228 e. The Morgan fingerprint density at radius 2 is 1.94 bits per heavy atom. The lowest BCUT2D eigenvalue weighted by molar-refractivity contribution is 0.223. The zero-order valence-electron chi connectivity index (χ0n) is 18.2. The number of halogens is 2. The molecule has 0 aliphatic carbocycles. The number of nitrogens with zero attached hydrogens (tertiary/aromatic N) is 3. The Kier molecular flexibility index (Phi) is 10.5. The number of nitrogens with one attached hydrogen (secondary N) is 2. The molecule has 1 aromatic heterocycles. The minimum Gasteiger partial charge on any atom is -0.497 e. The van der Waals surface area contributed by atoms with E-state index in [1.807, 2.05) is 43.3 Å². The first kappa shape index (κ1) is 25.7. The minimum absolute atomic E-state index is 0. The second-order valence-corrected chi connectivity index (χ2v) is 7.20. The summed E-state index contributed by atoms with van der Waals surface area (Å²) < 4.78 is 16.5. The fourth-order valence-electron chi connectivity index (χ4n) is 2.80. The van der Waals surface area contributed by atoms with Gasteiger partial charge >= 0.3 is 0 Å². The first-order valence-electron chi connectivity index (χ1n) is 9.91. The molecule has 32 heavy (non-hydrogen) atoms. The Labute approximate surface area is 209 Å². The summed E-state index contributed by atoms with van der Waals surface area (Å²) in [5.74, 6) is 3.23. The molecule has 0 fully saturated rings.